The van der Waals surface area contributed by atoms with Crippen LogP contribution < -0.4 is 5.32 Å². The zero-order valence-corrected chi connectivity index (χ0v) is 11.8. The van der Waals surface area contributed by atoms with Gasteiger partial charge in [-0.1, -0.05) is 27.7 Å². The molecule has 2 rings (SSSR count). The molecule has 3 unspecified atom stereocenters. The van der Waals surface area contributed by atoms with Crippen LogP contribution in [-0.4, -0.2) is 11.9 Å². The van der Waals surface area contributed by atoms with Crippen molar-refractivity contribution in [1.29, 1.82) is 0 Å². The zero-order valence-electron chi connectivity index (χ0n) is 11.8. The van der Waals surface area contributed by atoms with Crippen molar-refractivity contribution in [1.82, 2.24) is 5.32 Å². The summed E-state index contributed by atoms with van der Waals surface area (Å²) in [4.78, 5) is 11.8. The molecule has 98 valence electrons. The Morgan fingerprint density at radius 3 is 2.41 bits per heavy atom. The fourth-order valence-electron chi connectivity index (χ4n) is 4.38. The number of hydrogen-bond acceptors (Lipinski definition) is 1. The number of nitrogens with one attached hydrogen (secondary N) is 1. The molecule has 1 heterocycles. The molecule has 1 saturated carbocycles. The molecule has 1 saturated heterocycles. The summed E-state index contributed by atoms with van der Waals surface area (Å²) in [5, 5.41) is 3.25. The first-order chi connectivity index (χ1) is 7.91. The topological polar surface area (TPSA) is 29.1 Å². The average molecular weight is 237 g/mol. The van der Waals surface area contributed by atoms with E-state index in [1.165, 1.54) is 19.3 Å². The molecule has 17 heavy (non-hydrogen) atoms. The molecule has 3 atom stereocenters. The summed E-state index contributed by atoms with van der Waals surface area (Å²) in [6, 6.07) is 0.431. The van der Waals surface area contributed by atoms with Crippen molar-refractivity contribution in [3.8, 4) is 0 Å². The molecule has 1 spiro atoms. The van der Waals surface area contributed by atoms with Crippen LogP contribution in [0.2, 0.25) is 0 Å². The van der Waals surface area contributed by atoms with Crippen LogP contribution in [0.15, 0.2) is 0 Å². The Morgan fingerprint density at radius 1 is 1.29 bits per heavy atom. The molecule has 1 N–H and O–H groups in total. The van der Waals surface area contributed by atoms with Crippen LogP contribution in [0.1, 0.15) is 59.8 Å². The third-order valence-electron chi connectivity index (χ3n) is 4.61. The lowest BCUT2D eigenvalue weighted by atomic mass is 9.61. The predicted octanol–water partition coefficient (Wildman–Crippen LogP) is 3.36. The van der Waals surface area contributed by atoms with Gasteiger partial charge in [-0.2, -0.15) is 0 Å². The summed E-state index contributed by atoms with van der Waals surface area (Å²) < 4.78 is 0. The molecule has 1 aliphatic heterocycles. The van der Waals surface area contributed by atoms with Gasteiger partial charge in [0.25, 0.3) is 0 Å². The number of carbonyl (C=O) groups excluding carboxylic acids is 1. The predicted molar refractivity (Wildman–Crippen MR) is 70.6 cm³/mol. The van der Waals surface area contributed by atoms with E-state index in [1.807, 2.05) is 0 Å². The van der Waals surface area contributed by atoms with Gasteiger partial charge in [-0.3, -0.25) is 4.79 Å². The Balaban J connectivity index is 2.17. The first-order valence-corrected chi connectivity index (χ1v) is 7.20. The minimum Gasteiger partial charge on any atom is -0.353 e. The van der Waals surface area contributed by atoms with Gasteiger partial charge in [0, 0.05) is 12.5 Å². The summed E-state index contributed by atoms with van der Waals surface area (Å²) in [7, 11) is 0. The van der Waals surface area contributed by atoms with Gasteiger partial charge in [-0.25, -0.2) is 0 Å². The van der Waals surface area contributed by atoms with E-state index in [-0.39, 0.29) is 11.3 Å². The summed E-state index contributed by atoms with van der Waals surface area (Å²) >= 11 is 0. The third kappa shape index (κ3) is 2.66. The van der Waals surface area contributed by atoms with Crippen molar-refractivity contribution in [3.05, 3.63) is 0 Å². The molecule has 0 radical (unpaired) electrons. The number of amides is 1. The van der Waals surface area contributed by atoms with E-state index in [9.17, 15) is 4.79 Å². The molecule has 2 fully saturated rings. The zero-order chi connectivity index (χ0) is 12.6. The van der Waals surface area contributed by atoms with Gasteiger partial charge in [-0.15, -0.1) is 0 Å². The van der Waals surface area contributed by atoms with Gasteiger partial charge in [0.2, 0.25) is 5.91 Å². The Kier molecular flexibility index (Phi) is 3.51. The van der Waals surface area contributed by atoms with Gasteiger partial charge >= 0.3 is 0 Å². The molecule has 2 nitrogen and oxygen atoms in total. The Labute approximate surface area is 106 Å². The lowest BCUT2D eigenvalue weighted by molar-refractivity contribution is -0.120. The van der Waals surface area contributed by atoms with E-state index in [2.05, 4.69) is 33.0 Å². The van der Waals surface area contributed by atoms with Crippen molar-refractivity contribution in [2.75, 3.05) is 0 Å². The molecule has 1 aliphatic carbocycles. The highest BCUT2D eigenvalue weighted by atomic mass is 16.2. The maximum atomic E-state index is 11.8. The van der Waals surface area contributed by atoms with Crippen molar-refractivity contribution in [2.24, 2.45) is 23.2 Å². The highest BCUT2D eigenvalue weighted by Gasteiger charge is 2.49. The minimum absolute atomic E-state index is 0.276. The Morgan fingerprint density at radius 2 is 1.88 bits per heavy atom. The quantitative estimate of drug-likeness (QED) is 0.784. The van der Waals surface area contributed by atoms with E-state index in [0.29, 0.717) is 12.0 Å². The molecule has 2 aliphatic rings. The SMILES string of the molecule is CC(C)CC1NC(=O)CC12CC(C)CC(C)C2. The number of carbonyl (C=O) groups is 1. The van der Waals surface area contributed by atoms with Crippen LogP contribution in [0.4, 0.5) is 0 Å². The van der Waals surface area contributed by atoms with Gasteiger partial charge in [0.15, 0.2) is 0 Å². The largest absolute Gasteiger partial charge is 0.353 e. The highest BCUT2D eigenvalue weighted by molar-refractivity contribution is 5.80. The van der Waals surface area contributed by atoms with Gasteiger partial charge in [0.05, 0.1) is 0 Å². The number of rotatable bonds is 2. The van der Waals surface area contributed by atoms with E-state index in [4.69, 9.17) is 0 Å². The van der Waals surface area contributed by atoms with E-state index >= 15 is 0 Å². The van der Waals surface area contributed by atoms with Crippen LogP contribution in [-0.2, 0) is 4.79 Å². The van der Waals surface area contributed by atoms with Crippen LogP contribution in [0.3, 0.4) is 0 Å². The minimum atomic E-state index is 0.276. The van der Waals surface area contributed by atoms with Crippen molar-refractivity contribution >= 4 is 5.91 Å². The molecule has 0 aromatic heterocycles. The van der Waals surface area contributed by atoms with Crippen molar-refractivity contribution < 1.29 is 4.79 Å². The Hall–Kier alpha value is -0.530. The summed E-state index contributed by atoms with van der Waals surface area (Å²) in [5.41, 5.74) is 0.276. The lowest BCUT2D eigenvalue weighted by Gasteiger charge is -2.43. The molecule has 0 aromatic carbocycles. The molecule has 0 bridgehead atoms. The monoisotopic (exact) mass is 237 g/mol. The second-order valence-corrected chi connectivity index (χ2v) is 7.14. The van der Waals surface area contributed by atoms with Crippen LogP contribution in [0.5, 0.6) is 0 Å². The first kappa shape index (κ1) is 12.9. The fraction of sp³-hybridized carbons (Fsp3) is 0.933. The summed E-state index contributed by atoms with van der Waals surface area (Å²) in [5.74, 6) is 2.52. The van der Waals surface area contributed by atoms with Crippen molar-refractivity contribution in [3.63, 3.8) is 0 Å². The average Bonchev–Trinajstić information content (AvgIpc) is 2.38. The van der Waals surface area contributed by atoms with Crippen LogP contribution in [0, 0.1) is 23.2 Å². The molecule has 1 amide bonds. The molecule has 2 heteroatoms. The van der Waals surface area contributed by atoms with Crippen LogP contribution >= 0.6 is 0 Å². The summed E-state index contributed by atoms with van der Waals surface area (Å²) in [6.07, 6.45) is 5.75. The van der Waals surface area contributed by atoms with Gasteiger partial charge < -0.3 is 5.32 Å². The van der Waals surface area contributed by atoms with Gasteiger partial charge in [0.1, 0.15) is 0 Å². The molecular weight excluding hydrogens is 210 g/mol. The van der Waals surface area contributed by atoms with E-state index in [0.717, 1.165) is 24.7 Å². The van der Waals surface area contributed by atoms with Crippen LogP contribution in [0.25, 0.3) is 0 Å². The van der Waals surface area contributed by atoms with E-state index < -0.39 is 0 Å². The maximum Gasteiger partial charge on any atom is 0.220 e. The van der Waals surface area contributed by atoms with Gasteiger partial charge in [-0.05, 0) is 48.9 Å². The number of hydrogen-bond donors (Lipinski definition) is 1. The smallest absolute Gasteiger partial charge is 0.220 e. The second-order valence-electron chi connectivity index (χ2n) is 7.14. The third-order valence-corrected chi connectivity index (χ3v) is 4.61. The standard InChI is InChI=1S/C15H27NO/c1-10(2)5-13-15(9-14(17)16-13)7-11(3)6-12(4)8-15/h10-13H,5-9H2,1-4H3,(H,16,17). The maximum absolute atomic E-state index is 11.8. The van der Waals surface area contributed by atoms with Crippen molar-refractivity contribution in [2.45, 2.75) is 65.8 Å². The Bertz CT molecular complexity index is 287. The summed E-state index contributed by atoms with van der Waals surface area (Å²) in [6.45, 7) is 9.22. The fourth-order valence-corrected chi connectivity index (χ4v) is 4.38. The highest BCUT2D eigenvalue weighted by Crippen LogP contribution is 2.50. The van der Waals surface area contributed by atoms with E-state index in [1.54, 1.807) is 0 Å². The normalized spacial score (nSPS) is 42.2. The first-order valence-electron chi connectivity index (χ1n) is 7.20. The second kappa shape index (κ2) is 4.62. The molecular formula is C15H27NO. The molecule has 0 aromatic rings. The lowest BCUT2D eigenvalue weighted by Crippen LogP contribution is -2.42.